The van der Waals surface area contributed by atoms with E-state index in [-0.39, 0.29) is 29.8 Å². The summed E-state index contributed by atoms with van der Waals surface area (Å²) in [6.07, 6.45) is -0.841. The van der Waals surface area contributed by atoms with E-state index in [1.807, 2.05) is 18.2 Å². The van der Waals surface area contributed by atoms with Crippen LogP contribution in [0.4, 0.5) is 10.1 Å². The fourth-order valence-corrected chi connectivity index (χ4v) is 2.68. The van der Waals surface area contributed by atoms with Crippen LogP contribution in [0.2, 0.25) is 0 Å². The maximum absolute atomic E-state index is 14.0. The molecule has 0 aromatic heterocycles. The lowest BCUT2D eigenvalue weighted by atomic mass is 10.2. The summed E-state index contributed by atoms with van der Waals surface area (Å²) in [4.78, 5) is 25.5. The van der Waals surface area contributed by atoms with E-state index in [2.05, 4.69) is 5.10 Å². The van der Waals surface area contributed by atoms with Crippen LogP contribution in [-0.4, -0.2) is 35.5 Å². The van der Waals surface area contributed by atoms with E-state index >= 15 is 0 Å². The predicted molar refractivity (Wildman–Crippen MR) is 94.8 cm³/mol. The first-order chi connectivity index (χ1) is 12.5. The van der Waals surface area contributed by atoms with Crippen LogP contribution >= 0.6 is 0 Å². The highest BCUT2D eigenvalue weighted by Crippen LogP contribution is 2.22. The van der Waals surface area contributed by atoms with Crippen LogP contribution in [0.1, 0.15) is 19.4 Å². The zero-order chi connectivity index (χ0) is 18.7. The van der Waals surface area contributed by atoms with Crippen LogP contribution in [0, 0.1) is 5.82 Å². The Morgan fingerprint density at radius 1 is 1.12 bits per heavy atom. The molecule has 2 aromatic carbocycles. The molecule has 0 spiro atoms. The van der Waals surface area contributed by atoms with Gasteiger partial charge in [-0.05, 0) is 24.3 Å². The second-order valence-electron chi connectivity index (χ2n) is 5.79. The fraction of sp³-hybridized carbons (Fsp3) is 0.211. The van der Waals surface area contributed by atoms with Crippen molar-refractivity contribution in [2.75, 3.05) is 11.4 Å². The van der Waals surface area contributed by atoms with Gasteiger partial charge in [0, 0.05) is 19.5 Å². The van der Waals surface area contributed by atoms with Gasteiger partial charge in [0.25, 0.3) is 0 Å². The lowest BCUT2D eigenvalue weighted by Crippen LogP contribution is -2.44. The predicted octanol–water partition coefficient (Wildman–Crippen LogP) is 2.75. The van der Waals surface area contributed by atoms with Crippen LogP contribution in [0.15, 0.2) is 59.7 Å². The van der Waals surface area contributed by atoms with Crippen LogP contribution in [0.5, 0.6) is 0 Å². The maximum atomic E-state index is 14.0. The van der Waals surface area contributed by atoms with Crippen molar-refractivity contribution in [1.82, 2.24) is 5.01 Å². The summed E-state index contributed by atoms with van der Waals surface area (Å²) < 4.78 is 19.7. The summed E-state index contributed by atoms with van der Waals surface area (Å²) in [6, 6.07) is 15.1. The van der Waals surface area contributed by atoms with Gasteiger partial charge in [-0.3, -0.25) is 9.59 Å². The molecule has 0 saturated carbocycles. The number of rotatable bonds is 4. The van der Waals surface area contributed by atoms with Gasteiger partial charge in [0.15, 0.2) is 0 Å². The van der Waals surface area contributed by atoms with E-state index in [4.69, 9.17) is 4.74 Å². The largest absolute Gasteiger partial charge is 0.448 e. The zero-order valence-corrected chi connectivity index (χ0v) is 14.4. The number of ether oxygens (including phenoxy) is 1. The van der Waals surface area contributed by atoms with Gasteiger partial charge in [0.2, 0.25) is 23.9 Å². The molecule has 26 heavy (non-hydrogen) atoms. The summed E-state index contributed by atoms with van der Waals surface area (Å²) in [5.74, 6) is -1.05. The van der Waals surface area contributed by atoms with E-state index < -0.39 is 12.0 Å². The second-order valence-corrected chi connectivity index (χ2v) is 5.79. The van der Waals surface area contributed by atoms with Crippen molar-refractivity contribution in [1.29, 1.82) is 0 Å². The van der Waals surface area contributed by atoms with Gasteiger partial charge in [0.05, 0.1) is 12.1 Å². The molecule has 0 radical (unpaired) electrons. The Kier molecular flexibility index (Phi) is 4.97. The monoisotopic (exact) mass is 355 g/mol. The molecule has 1 atom stereocenters. The standard InChI is InChI=1S/C19H18FN3O3/c1-13(24)22(15-8-4-3-5-9-15)12-18-23(14(2)25)21-19(26-18)16-10-6-7-11-17(16)20/h3-11,18H,12H2,1-2H3. The first-order valence-corrected chi connectivity index (χ1v) is 8.10. The minimum Gasteiger partial charge on any atom is -0.448 e. The number of carbonyl (C=O) groups excluding carboxylic acids is 2. The van der Waals surface area contributed by atoms with Crippen LogP contribution in [-0.2, 0) is 14.3 Å². The van der Waals surface area contributed by atoms with Crippen molar-refractivity contribution >= 4 is 23.4 Å². The molecule has 2 aromatic rings. The quantitative estimate of drug-likeness (QED) is 0.847. The van der Waals surface area contributed by atoms with Gasteiger partial charge in [0.1, 0.15) is 5.82 Å². The molecular formula is C19H18FN3O3. The Labute approximate surface area is 150 Å². The number of nitrogens with zero attached hydrogens (tertiary/aromatic N) is 3. The fourth-order valence-electron chi connectivity index (χ4n) is 2.68. The Hall–Kier alpha value is -3.22. The first kappa shape index (κ1) is 17.6. The average Bonchev–Trinajstić information content (AvgIpc) is 3.04. The Balaban J connectivity index is 1.87. The Morgan fingerprint density at radius 2 is 1.77 bits per heavy atom. The minimum atomic E-state index is -0.841. The van der Waals surface area contributed by atoms with Gasteiger partial charge in [-0.1, -0.05) is 30.3 Å². The van der Waals surface area contributed by atoms with Gasteiger partial charge < -0.3 is 9.64 Å². The third-order valence-electron chi connectivity index (χ3n) is 3.93. The van der Waals surface area contributed by atoms with E-state index in [0.717, 1.165) is 5.01 Å². The zero-order valence-electron chi connectivity index (χ0n) is 14.4. The molecule has 134 valence electrons. The van der Waals surface area contributed by atoms with Gasteiger partial charge in [-0.15, -0.1) is 5.10 Å². The number of benzene rings is 2. The van der Waals surface area contributed by atoms with E-state index in [0.29, 0.717) is 5.69 Å². The number of carbonyl (C=O) groups is 2. The molecule has 0 aliphatic carbocycles. The third-order valence-corrected chi connectivity index (χ3v) is 3.93. The van der Waals surface area contributed by atoms with Crippen LogP contribution in [0.3, 0.4) is 0 Å². The number of hydrazone groups is 1. The molecule has 1 aliphatic rings. The molecule has 0 N–H and O–H groups in total. The third kappa shape index (κ3) is 3.56. The summed E-state index contributed by atoms with van der Waals surface area (Å²) >= 11 is 0. The highest BCUT2D eigenvalue weighted by Gasteiger charge is 2.35. The topological polar surface area (TPSA) is 62.2 Å². The van der Waals surface area contributed by atoms with E-state index in [1.165, 1.54) is 30.9 Å². The van der Waals surface area contributed by atoms with E-state index in [9.17, 15) is 14.0 Å². The van der Waals surface area contributed by atoms with Gasteiger partial charge in [-0.25, -0.2) is 4.39 Å². The average molecular weight is 355 g/mol. The molecule has 1 heterocycles. The summed E-state index contributed by atoms with van der Waals surface area (Å²) in [7, 11) is 0. The minimum absolute atomic E-state index is 0.0138. The molecule has 0 fully saturated rings. The molecule has 2 amide bonds. The summed E-state index contributed by atoms with van der Waals surface area (Å²) in [5, 5.41) is 5.23. The number of hydrogen-bond acceptors (Lipinski definition) is 4. The van der Waals surface area contributed by atoms with Crippen LogP contribution < -0.4 is 4.90 Å². The van der Waals surface area contributed by atoms with Crippen molar-refractivity contribution in [2.24, 2.45) is 5.10 Å². The van der Waals surface area contributed by atoms with Crippen molar-refractivity contribution < 1.29 is 18.7 Å². The van der Waals surface area contributed by atoms with Crippen molar-refractivity contribution in [3.05, 3.63) is 66.0 Å². The highest BCUT2D eigenvalue weighted by molar-refractivity contribution is 5.97. The van der Waals surface area contributed by atoms with Crippen LogP contribution in [0.25, 0.3) is 0 Å². The van der Waals surface area contributed by atoms with Crippen molar-refractivity contribution in [3.8, 4) is 0 Å². The lowest BCUT2D eigenvalue weighted by molar-refractivity contribution is -0.135. The highest BCUT2D eigenvalue weighted by atomic mass is 19.1. The van der Waals surface area contributed by atoms with Crippen molar-refractivity contribution in [3.63, 3.8) is 0 Å². The molecular weight excluding hydrogens is 337 g/mol. The van der Waals surface area contributed by atoms with Gasteiger partial charge >= 0.3 is 0 Å². The first-order valence-electron chi connectivity index (χ1n) is 8.10. The number of para-hydroxylation sites is 1. The second kappa shape index (κ2) is 7.35. The molecule has 7 heteroatoms. The lowest BCUT2D eigenvalue weighted by Gasteiger charge is -2.27. The molecule has 6 nitrogen and oxygen atoms in total. The Morgan fingerprint density at radius 3 is 2.38 bits per heavy atom. The molecule has 3 rings (SSSR count). The Bertz CT molecular complexity index is 854. The summed E-state index contributed by atoms with van der Waals surface area (Å²) in [5.41, 5.74) is 0.835. The number of halogens is 1. The summed E-state index contributed by atoms with van der Waals surface area (Å²) in [6.45, 7) is 2.84. The normalized spacial score (nSPS) is 16.0. The number of amides is 2. The molecule has 0 saturated heterocycles. The van der Waals surface area contributed by atoms with Gasteiger partial charge in [-0.2, -0.15) is 5.01 Å². The maximum Gasteiger partial charge on any atom is 0.243 e. The van der Waals surface area contributed by atoms with E-state index in [1.54, 1.807) is 24.3 Å². The molecule has 1 unspecified atom stereocenters. The molecule has 0 bridgehead atoms. The number of hydrogen-bond donors (Lipinski definition) is 0. The smallest absolute Gasteiger partial charge is 0.243 e. The molecule has 1 aliphatic heterocycles. The van der Waals surface area contributed by atoms with Crippen molar-refractivity contribution in [2.45, 2.75) is 20.1 Å². The SMILES string of the molecule is CC(=O)N(CC1OC(c2ccccc2F)=NN1C(C)=O)c1ccccc1. The number of anilines is 1.